The molecule has 0 aromatic heterocycles. The molecule has 0 spiro atoms. The standard InChI is InChI=1S/C11H14N2O4S/c12-11(8-5-6-18(16,17)7-8)9-3-1-2-4-10(9)13(14)15/h1-4,8,11H,5-7,12H2. The lowest BCUT2D eigenvalue weighted by molar-refractivity contribution is -0.385. The van der Waals surface area contributed by atoms with Crippen molar-refractivity contribution in [3.63, 3.8) is 0 Å². The van der Waals surface area contributed by atoms with Gasteiger partial charge in [0.1, 0.15) is 0 Å². The molecule has 0 amide bonds. The summed E-state index contributed by atoms with van der Waals surface area (Å²) in [7, 11) is -3.03. The summed E-state index contributed by atoms with van der Waals surface area (Å²) in [4.78, 5) is 10.4. The Morgan fingerprint density at radius 2 is 2.06 bits per heavy atom. The molecular weight excluding hydrogens is 256 g/mol. The number of nitrogens with zero attached hydrogens (tertiary/aromatic N) is 1. The highest BCUT2D eigenvalue weighted by Gasteiger charge is 2.34. The highest BCUT2D eigenvalue weighted by molar-refractivity contribution is 7.91. The first kappa shape index (κ1) is 13.0. The molecule has 1 heterocycles. The van der Waals surface area contributed by atoms with Gasteiger partial charge >= 0.3 is 0 Å². The third-order valence-electron chi connectivity index (χ3n) is 3.27. The van der Waals surface area contributed by atoms with E-state index >= 15 is 0 Å². The Labute approximate surface area is 105 Å². The number of hydrogen-bond acceptors (Lipinski definition) is 5. The van der Waals surface area contributed by atoms with Crippen molar-refractivity contribution in [3.8, 4) is 0 Å². The van der Waals surface area contributed by atoms with Crippen LogP contribution >= 0.6 is 0 Å². The van der Waals surface area contributed by atoms with Gasteiger partial charge in [-0.2, -0.15) is 0 Å². The number of benzene rings is 1. The second kappa shape index (κ2) is 4.66. The van der Waals surface area contributed by atoms with Gasteiger partial charge in [-0.3, -0.25) is 10.1 Å². The van der Waals surface area contributed by atoms with Gasteiger partial charge in [0, 0.05) is 17.7 Å². The van der Waals surface area contributed by atoms with E-state index < -0.39 is 20.8 Å². The lowest BCUT2D eigenvalue weighted by atomic mass is 9.92. The Morgan fingerprint density at radius 1 is 1.39 bits per heavy atom. The normalized spacial score (nSPS) is 23.7. The van der Waals surface area contributed by atoms with E-state index in [0.717, 1.165) is 0 Å². The van der Waals surface area contributed by atoms with Crippen molar-refractivity contribution in [1.82, 2.24) is 0 Å². The van der Waals surface area contributed by atoms with Gasteiger partial charge in [0.25, 0.3) is 5.69 Å². The fourth-order valence-corrected chi connectivity index (χ4v) is 4.15. The zero-order valence-corrected chi connectivity index (χ0v) is 10.5. The monoisotopic (exact) mass is 270 g/mol. The molecule has 0 radical (unpaired) electrons. The van der Waals surface area contributed by atoms with Gasteiger partial charge in [-0.15, -0.1) is 0 Å². The molecule has 18 heavy (non-hydrogen) atoms. The Hall–Kier alpha value is -1.47. The van der Waals surface area contributed by atoms with Crippen LogP contribution in [-0.4, -0.2) is 24.8 Å². The van der Waals surface area contributed by atoms with Crippen LogP contribution in [0.3, 0.4) is 0 Å². The summed E-state index contributed by atoms with van der Waals surface area (Å²) in [5.41, 5.74) is 6.35. The van der Waals surface area contributed by atoms with Crippen LogP contribution in [-0.2, 0) is 9.84 Å². The van der Waals surface area contributed by atoms with E-state index in [1.165, 1.54) is 6.07 Å². The third-order valence-corrected chi connectivity index (χ3v) is 5.06. The number of para-hydroxylation sites is 1. The van der Waals surface area contributed by atoms with Crippen LogP contribution in [0.15, 0.2) is 24.3 Å². The smallest absolute Gasteiger partial charge is 0.274 e. The molecule has 1 aromatic rings. The third kappa shape index (κ3) is 2.51. The molecule has 1 aliphatic heterocycles. The van der Waals surface area contributed by atoms with E-state index in [2.05, 4.69) is 0 Å². The van der Waals surface area contributed by atoms with E-state index in [1.54, 1.807) is 18.2 Å². The quantitative estimate of drug-likeness (QED) is 0.652. The average Bonchev–Trinajstić information content (AvgIpc) is 2.68. The summed E-state index contributed by atoms with van der Waals surface area (Å²) < 4.78 is 22.8. The number of nitro benzene ring substituents is 1. The summed E-state index contributed by atoms with van der Waals surface area (Å²) >= 11 is 0. The molecule has 98 valence electrons. The lowest BCUT2D eigenvalue weighted by Crippen LogP contribution is -2.23. The van der Waals surface area contributed by atoms with Crippen molar-refractivity contribution < 1.29 is 13.3 Å². The van der Waals surface area contributed by atoms with Crippen LogP contribution in [0, 0.1) is 16.0 Å². The number of rotatable bonds is 3. The predicted octanol–water partition coefficient (Wildman–Crippen LogP) is 1.03. The van der Waals surface area contributed by atoms with Gasteiger partial charge < -0.3 is 5.73 Å². The minimum absolute atomic E-state index is 0.0141. The number of sulfone groups is 1. The van der Waals surface area contributed by atoms with E-state index in [-0.39, 0.29) is 23.1 Å². The molecule has 1 fully saturated rings. The van der Waals surface area contributed by atoms with E-state index in [9.17, 15) is 18.5 Å². The van der Waals surface area contributed by atoms with Gasteiger partial charge in [0.2, 0.25) is 0 Å². The second-order valence-electron chi connectivity index (χ2n) is 4.50. The van der Waals surface area contributed by atoms with Crippen LogP contribution in [0.25, 0.3) is 0 Å². The first-order valence-corrected chi connectivity index (χ1v) is 7.42. The van der Waals surface area contributed by atoms with Gasteiger partial charge in [0.15, 0.2) is 9.84 Å². The Kier molecular flexibility index (Phi) is 3.36. The molecule has 1 aromatic carbocycles. The van der Waals surface area contributed by atoms with Crippen molar-refractivity contribution in [3.05, 3.63) is 39.9 Å². The number of nitro groups is 1. The van der Waals surface area contributed by atoms with E-state index in [0.29, 0.717) is 12.0 Å². The SMILES string of the molecule is NC(c1ccccc1[N+](=O)[O-])C1CCS(=O)(=O)C1. The summed E-state index contributed by atoms with van der Waals surface area (Å²) in [6, 6.07) is 5.61. The zero-order valence-electron chi connectivity index (χ0n) is 9.65. The van der Waals surface area contributed by atoms with Crippen LogP contribution in [0.2, 0.25) is 0 Å². The molecule has 6 nitrogen and oxygen atoms in total. The van der Waals surface area contributed by atoms with Crippen molar-refractivity contribution in [2.24, 2.45) is 11.7 Å². The summed E-state index contributed by atoms with van der Waals surface area (Å²) in [5, 5.41) is 10.9. The fourth-order valence-electron chi connectivity index (χ4n) is 2.30. The molecule has 2 unspecified atom stereocenters. The molecule has 2 N–H and O–H groups in total. The summed E-state index contributed by atoms with van der Waals surface area (Å²) in [6.07, 6.45) is 0.468. The maximum absolute atomic E-state index is 11.4. The molecule has 1 aliphatic rings. The lowest BCUT2D eigenvalue weighted by Gasteiger charge is -2.17. The number of hydrogen-bond donors (Lipinski definition) is 1. The minimum Gasteiger partial charge on any atom is -0.323 e. The maximum Gasteiger partial charge on any atom is 0.274 e. The summed E-state index contributed by atoms with van der Waals surface area (Å²) in [5.74, 6) is -0.109. The molecule has 0 bridgehead atoms. The van der Waals surface area contributed by atoms with Gasteiger partial charge in [-0.05, 0) is 12.3 Å². The van der Waals surface area contributed by atoms with Crippen LogP contribution in [0.4, 0.5) is 5.69 Å². The van der Waals surface area contributed by atoms with Crippen molar-refractivity contribution in [2.45, 2.75) is 12.5 Å². The van der Waals surface area contributed by atoms with E-state index in [4.69, 9.17) is 5.73 Å². The highest BCUT2D eigenvalue weighted by Crippen LogP contribution is 2.33. The average molecular weight is 270 g/mol. The Balaban J connectivity index is 2.30. The van der Waals surface area contributed by atoms with Crippen LogP contribution in [0.1, 0.15) is 18.0 Å². The molecular formula is C11H14N2O4S. The van der Waals surface area contributed by atoms with Crippen LogP contribution < -0.4 is 5.73 Å². The van der Waals surface area contributed by atoms with Gasteiger partial charge in [-0.1, -0.05) is 18.2 Å². The Morgan fingerprint density at radius 3 is 2.61 bits per heavy atom. The van der Waals surface area contributed by atoms with E-state index in [1.807, 2.05) is 0 Å². The topological polar surface area (TPSA) is 103 Å². The van der Waals surface area contributed by atoms with Gasteiger partial charge in [-0.25, -0.2) is 8.42 Å². The van der Waals surface area contributed by atoms with Crippen molar-refractivity contribution in [1.29, 1.82) is 0 Å². The molecule has 0 saturated carbocycles. The van der Waals surface area contributed by atoms with Crippen molar-refractivity contribution >= 4 is 15.5 Å². The molecule has 0 aliphatic carbocycles. The minimum atomic E-state index is -3.03. The summed E-state index contributed by atoms with van der Waals surface area (Å²) in [6.45, 7) is 0. The van der Waals surface area contributed by atoms with Crippen molar-refractivity contribution in [2.75, 3.05) is 11.5 Å². The predicted molar refractivity (Wildman–Crippen MR) is 66.8 cm³/mol. The zero-order chi connectivity index (χ0) is 13.3. The fraction of sp³-hybridized carbons (Fsp3) is 0.455. The molecule has 2 atom stereocenters. The first-order valence-electron chi connectivity index (χ1n) is 5.60. The van der Waals surface area contributed by atoms with Gasteiger partial charge in [0.05, 0.1) is 16.4 Å². The first-order chi connectivity index (χ1) is 8.41. The number of nitrogens with two attached hydrogens (primary N) is 1. The Bertz CT molecular complexity index is 570. The molecule has 1 saturated heterocycles. The maximum atomic E-state index is 11.4. The highest BCUT2D eigenvalue weighted by atomic mass is 32.2. The largest absolute Gasteiger partial charge is 0.323 e. The molecule has 7 heteroatoms. The van der Waals surface area contributed by atoms with Crippen LogP contribution in [0.5, 0.6) is 0 Å². The molecule has 2 rings (SSSR count). The second-order valence-corrected chi connectivity index (χ2v) is 6.73.